The molecule has 5 nitrogen and oxygen atoms in total. The summed E-state index contributed by atoms with van der Waals surface area (Å²) in [5.74, 6) is 0.767. The number of hydrogen-bond donors (Lipinski definition) is 2. The SMILES string of the molecule is Cc1nc2ccc(S(=O)(=O)NC(C)(C)C)cc2[nH]1. The van der Waals surface area contributed by atoms with E-state index in [1.54, 1.807) is 18.2 Å². The fourth-order valence-electron chi connectivity index (χ4n) is 1.75. The zero-order valence-corrected chi connectivity index (χ0v) is 11.7. The molecule has 0 spiro atoms. The second kappa shape index (κ2) is 4.07. The molecule has 0 unspecified atom stereocenters. The first-order valence-electron chi connectivity index (χ1n) is 5.68. The number of nitrogens with zero attached hydrogens (tertiary/aromatic N) is 1. The Labute approximate surface area is 107 Å². The molecule has 0 saturated heterocycles. The number of nitrogens with one attached hydrogen (secondary N) is 2. The van der Waals surface area contributed by atoms with Crippen molar-refractivity contribution in [3.63, 3.8) is 0 Å². The summed E-state index contributed by atoms with van der Waals surface area (Å²) in [5, 5.41) is 0. The summed E-state index contributed by atoms with van der Waals surface area (Å²) in [4.78, 5) is 7.51. The van der Waals surface area contributed by atoms with Crippen LogP contribution >= 0.6 is 0 Å². The Balaban J connectivity index is 2.47. The van der Waals surface area contributed by atoms with E-state index in [-0.39, 0.29) is 4.90 Å². The van der Waals surface area contributed by atoms with Crippen molar-refractivity contribution in [1.29, 1.82) is 0 Å². The van der Waals surface area contributed by atoms with Gasteiger partial charge in [0.1, 0.15) is 5.82 Å². The summed E-state index contributed by atoms with van der Waals surface area (Å²) in [6, 6.07) is 4.87. The Hall–Kier alpha value is -1.40. The number of rotatable bonds is 2. The topological polar surface area (TPSA) is 74.8 Å². The van der Waals surface area contributed by atoms with Crippen LogP contribution in [-0.2, 0) is 10.0 Å². The summed E-state index contributed by atoms with van der Waals surface area (Å²) >= 11 is 0. The van der Waals surface area contributed by atoms with Gasteiger partial charge in [0.15, 0.2) is 0 Å². The Morgan fingerprint density at radius 1 is 1.28 bits per heavy atom. The number of imidazole rings is 1. The Morgan fingerprint density at radius 2 is 1.94 bits per heavy atom. The van der Waals surface area contributed by atoms with Gasteiger partial charge < -0.3 is 4.98 Å². The van der Waals surface area contributed by atoms with Gasteiger partial charge in [-0.1, -0.05) is 0 Å². The van der Waals surface area contributed by atoms with Crippen LogP contribution < -0.4 is 4.72 Å². The van der Waals surface area contributed by atoms with E-state index in [1.165, 1.54) is 0 Å². The maximum atomic E-state index is 12.2. The van der Waals surface area contributed by atoms with Crippen molar-refractivity contribution in [1.82, 2.24) is 14.7 Å². The van der Waals surface area contributed by atoms with Crippen LogP contribution in [0.1, 0.15) is 26.6 Å². The smallest absolute Gasteiger partial charge is 0.241 e. The summed E-state index contributed by atoms with van der Waals surface area (Å²) in [5.41, 5.74) is 0.990. The summed E-state index contributed by atoms with van der Waals surface area (Å²) in [6.07, 6.45) is 0. The van der Waals surface area contributed by atoms with Crippen LogP contribution in [0.3, 0.4) is 0 Å². The van der Waals surface area contributed by atoms with Crippen LogP contribution in [0.2, 0.25) is 0 Å². The predicted octanol–water partition coefficient (Wildman–Crippen LogP) is 1.95. The monoisotopic (exact) mass is 267 g/mol. The molecule has 2 aromatic rings. The molecule has 98 valence electrons. The van der Waals surface area contributed by atoms with Crippen LogP contribution in [-0.4, -0.2) is 23.9 Å². The van der Waals surface area contributed by atoms with E-state index in [1.807, 2.05) is 27.7 Å². The number of sulfonamides is 1. The van der Waals surface area contributed by atoms with Gasteiger partial charge in [-0.3, -0.25) is 0 Å². The van der Waals surface area contributed by atoms with Crippen LogP contribution in [0, 0.1) is 6.92 Å². The van der Waals surface area contributed by atoms with Gasteiger partial charge in [-0.2, -0.15) is 0 Å². The van der Waals surface area contributed by atoms with Crippen LogP contribution in [0.15, 0.2) is 23.1 Å². The first-order valence-corrected chi connectivity index (χ1v) is 7.16. The lowest BCUT2D eigenvalue weighted by atomic mass is 10.1. The number of benzene rings is 1. The highest BCUT2D eigenvalue weighted by molar-refractivity contribution is 7.89. The van der Waals surface area contributed by atoms with Crippen molar-refractivity contribution in [2.75, 3.05) is 0 Å². The molecule has 1 aromatic heterocycles. The molecular weight excluding hydrogens is 250 g/mol. The van der Waals surface area contributed by atoms with Crippen molar-refractivity contribution < 1.29 is 8.42 Å². The molecule has 0 radical (unpaired) electrons. The molecule has 1 heterocycles. The van der Waals surface area contributed by atoms with E-state index >= 15 is 0 Å². The molecule has 1 aromatic carbocycles. The third-order valence-corrected chi connectivity index (χ3v) is 4.08. The number of aromatic amines is 1. The van der Waals surface area contributed by atoms with Gasteiger partial charge in [-0.15, -0.1) is 0 Å². The van der Waals surface area contributed by atoms with Crippen molar-refractivity contribution in [2.24, 2.45) is 0 Å². The predicted molar refractivity (Wildman–Crippen MR) is 70.9 cm³/mol. The largest absolute Gasteiger partial charge is 0.342 e. The zero-order chi connectivity index (χ0) is 13.6. The molecule has 18 heavy (non-hydrogen) atoms. The lowest BCUT2D eigenvalue weighted by Gasteiger charge is -2.20. The lowest BCUT2D eigenvalue weighted by Crippen LogP contribution is -2.40. The zero-order valence-electron chi connectivity index (χ0n) is 10.9. The highest BCUT2D eigenvalue weighted by atomic mass is 32.2. The molecular formula is C12H17N3O2S. The van der Waals surface area contributed by atoms with E-state index in [2.05, 4.69) is 14.7 Å². The first-order chi connectivity index (χ1) is 8.17. The molecule has 0 aliphatic carbocycles. The normalized spacial score (nSPS) is 13.1. The van der Waals surface area contributed by atoms with Crippen molar-refractivity contribution in [2.45, 2.75) is 38.1 Å². The number of H-pyrrole nitrogens is 1. The van der Waals surface area contributed by atoms with E-state index in [4.69, 9.17) is 0 Å². The molecule has 0 fully saturated rings. The minimum atomic E-state index is -3.50. The van der Waals surface area contributed by atoms with Crippen LogP contribution in [0.4, 0.5) is 0 Å². The third-order valence-electron chi connectivity index (χ3n) is 2.32. The quantitative estimate of drug-likeness (QED) is 0.873. The fraction of sp³-hybridized carbons (Fsp3) is 0.417. The molecule has 2 N–H and O–H groups in total. The maximum Gasteiger partial charge on any atom is 0.241 e. The summed E-state index contributed by atoms with van der Waals surface area (Å²) < 4.78 is 26.9. The van der Waals surface area contributed by atoms with Gasteiger partial charge in [0.05, 0.1) is 15.9 Å². The Bertz CT molecular complexity index is 681. The molecule has 2 rings (SSSR count). The molecule has 0 bridgehead atoms. The minimum absolute atomic E-state index is 0.244. The van der Waals surface area contributed by atoms with Crippen molar-refractivity contribution in [3.05, 3.63) is 24.0 Å². The number of aryl methyl sites for hydroxylation is 1. The molecule has 0 amide bonds. The summed E-state index contributed by atoms with van der Waals surface area (Å²) in [6.45, 7) is 7.26. The van der Waals surface area contributed by atoms with Crippen molar-refractivity contribution >= 4 is 21.1 Å². The highest BCUT2D eigenvalue weighted by Gasteiger charge is 2.22. The van der Waals surface area contributed by atoms with Gasteiger partial charge in [-0.05, 0) is 45.9 Å². The second-order valence-corrected chi connectivity index (χ2v) is 7.04. The highest BCUT2D eigenvalue weighted by Crippen LogP contribution is 2.18. The standard InChI is InChI=1S/C12H17N3O2S/c1-8-13-10-6-5-9(7-11(10)14-8)18(16,17)15-12(2,3)4/h5-7,15H,1-4H3,(H,13,14). The second-order valence-electron chi connectivity index (χ2n) is 5.36. The van der Waals surface area contributed by atoms with E-state index in [0.717, 1.165) is 16.9 Å². The van der Waals surface area contributed by atoms with Gasteiger partial charge >= 0.3 is 0 Å². The van der Waals surface area contributed by atoms with Gasteiger partial charge in [-0.25, -0.2) is 18.1 Å². The molecule has 0 saturated carbocycles. The van der Waals surface area contributed by atoms with Gasteiger partial charge in [0.25, 0.3) is 0 Å². The number of hydrogen-bond acceptors (Lipinski definition) is 3. The fourth-order valence-corrected chi connectivity index (χ4v) is 3.19. The van der Waals surface area contributed by atoms with E-state index in [0.29, 0.717) is 0 Å². The third kappa shape index (κ3) is 2.70. The average Bonchev–Trinajstić information content (AvgIpc) is 2.52. The summed E-state index contributed by atoms with van der Waals surface area (Å²) in [7, 11) is -3.50. The number of fused-ring (bicyclic) bond motifs is 1. The Kier molecular flexibility index (Phi) is 2.95. The Morgan fingerprint density at radius 3 is 2.56 bits per heavy atom. The van der Waals surface area contributed by atoms with Crippen molar-refractivity contribution in [3.8, 4) is 0 Å². The maximum absolute atomic E-state index is 12.2. The van der Waals surface area contributed by atoms with Gasteiger partial charge in [0.2, 0.25) is 10.0 Å². The number of aromatic nitrogens is 2. The average molecular weight is 267 g/mol. The van der Waals surface area contributed by atoms with Crippen LogP contribution in [0.5, 0.6) is 0 Å². The minimum Gasteiger partial charge on any atom is -0.342 e. The van der Waals surface area contributed by atoms with Crippen LogP contribution in [0.25, 0.3) is 11.0 Å². The molecule has 0 aliphatic heterocycles. The van der Waals surface area contributed by atoms with E-state index in [9.17, 15) is 8.42 Å². The first kappa shape index (κ1) is 13.0. The lowest BCUT2D eigenvalue weighted by molar-refractivity contribution is 0.491. The molecule has 6 heteroatoms. The molecule has 0 atom stereocenters. The van der Waals surface area contributed by atoms with E-state index < -0.39 is 15.6 Å². The molecule has 0 aliphatic rings. The van der Waals surface area contributed by atoms with Gasteiger partial charge in [0, 0.05) is 5.54 Å².